The Morgan fingerprint density at radius 3 is 2.70 bits per heavy atom. The Labute approximate surface area is 116 Å². The van der Waals surface area contributed by atoms with E-state index in [1.54, 1.807) is 17.6 Å². The van der Waals surface area contributed by atoms with Crippen molar-refractivity contribution in [1.82, 2.24) is 0 Å². The summed E-state index contributed by atoms with van der Waals surface area (Å²) in [5.41, 5.74) is 3.28. The molecule has 0 amide bonds. The van der Waals surface area contributed by atoms with E-state index < -0.39 is 0 Å². The molecule has 20 heavy (non-hydrogen) atoms. The Kier molecular flexibility index (Phi) is 3.37. The van der Waals surface area contributed by atoms with E-state index in [1.807, 2.05) is 42.5 Å². The van der Waals surface area contributed by atoms with E-state index in [0.29, 0.717) is 12.1 Å². The second-order valence-electron chi connectivity index (χ2n) is 4.39. The smallest absolute Gasteiger partial charge is 0.153 e. The highest BCUT2D eigenvalue weighted by Crippen LogP contribution is 2.24. The predicted molar refractivity (Wildman–Crippen MR) is 75.7 cm³/mol. The number of aldehydes is 1. The molecule has 0 bridgehead atoms. The first-order chi connectivity index (χ1) is 9.86. The summed E-state index contributed by atoms with van der Waals surface area (Å²) in [4.78, 5) is 16.6. The van der Waals surface area contributed by atoms with Gasteiger partial charge in [-0.25, -0.2) is 5.06 Å². The van der Waals surface area contributed by atoms with Crippen molar-refractivity contribution in [3.8, 4) is 0 Å². The van der Waals surface area contributed by atoms with Gasteiger partial charge in [-0.15, -0.1) is 0 Å². The molecule has 0 saturated heterocycles. The monoisotopic (exact) mass is 267 g/mol. The van der Waals surface area contributed by atoms with Crippen LogP contribution in [0.15, 0.2) is 70.7 Å². The maximum Gasteiger partial charge on any atom is 0.153 e. The molecule has 1 aromatic carbocycles. The first-order valence-corrected chi connectivity index (χ1v) is 6.24. The van der Waals surface area contributed by atoms with E-state index in [2.05, 4.69) is 0 Å². The van der Waals surface area contributed by atoms with Gasteiger partial charge in [0.1, 0.15) is 6.26 Å². The van der Waals surface area contributed by atoms with Crippen LogP contribution in [0.4, 0.5) is 5.69 Å². The fraction of sp³-hybridized carbons (Fsp3) is 0.0625. The molecule has 0 fully saturated rings. The summed E-state index contributed by atoms with van der Waals surface area (Å²) in [6.45, 7) is 0.500. The van der Waals surface area contributed by atoms with Gasteiger partial charge in [0.15, 0.2) is 6.29 Å². The first-order valence-electron chi connectivity index (χ1n) is 6.24. The molecule has 1 aliphatic heterocycles. The number of benzene rings is 1. The van der Waals surface area contributed by atoms with Crippen molar-refractivity contribution in [1.29, 1.82) is 0 Å². The van der Waals surface area contributed by atoms with Crippen molar-refractivity contribution in [2.24, 2.45) is 0 Å². The van der Waals surface area contributed by atoms with Gasteiger partial charge >= 0.3 is 0 Å². The summed E-state index contributed by atoms with van der Waals surface area (Å²) >= 11 is 0. The highest BCUT2D eigenvalue weighted by atomic mass is 16.7. The van der Waals surface area contributed by atoms with Crippen LogP contribution in [0, 0.1) is 0 Å². The molecule has 0 spiro atoms. The molecular formula is C16H13NO3. The van der Waals surface area contributed by atoms with Crippen LogP contribution >= 0.6 is 0 Å². The number of carbonyl (C=O) groups is 1. The van der Waals surface area contributed by atoms with Crippen molar-refractivity contribution in [2.75, 3.05) is 11.6 Å². The highest BCUT2D eigenvalue weighted by Gasteiger charge is 2.18. The van der Waals surface area contributed by atoms with Crippen LogP contribution in [0.25, 0.3) is 6.08 Å². The minimum atomic E-state index is 0.500. The number of anilines is 1. The summed E-state index contributed by atoms with van der Waals surface area (Å²) in [5, 5.41) is 1.74. The summed E-state index contributed by atoms with van der Waals surface area (Å²) in [5.74, 6) is 0. The van der Waals surface area contributed by atoms with Gasteiger partial charge in [0.25, 0.3) is 0 Å². The van der Waals surface area contributed by atoms with Crippen LogP contribution in [0.2, 0.25) is 0 Å². The molecule has 0 atom stereocenters. The zero-order chi connectivity index (χ0) is 13.8. The number of carbonyl (C=O) groups excluding carboxylic acids is 1. The molecule has 4 nitrogen and oxygen atoms in total. The fourth-order valence-corrected chi connectivity index (χ4v) is 2.02. The first kappa shape index (κ1) is 12.3. The lowest BCUT2D eigenvalue weighted by Gasteiger charge is -2.28. The lowest BCUT2D eigenvalue weighted by molar-refractivity contribution is -0.104. The van der Waals surface area contributed by atoms with Crippen molar-refractivity contribution < 1.29 is 14.0 Å². The van der Waals surface area contributed by atoms with E-state index in [1.165, 1.54) is 6.26 Å². The van der Waals surface area contributed by atoms with Crippen LogP contribution in [0.3, 0.4) is 0 Å². The number of furan rings is 1. The molecule has 1 aromatic heterocycles. The molecule has 0 aliphatic carbocycles. The third kappa shape index (κ3) is 2.49. The van der Waals surface area contributed by atoms with Crippen molar-refractivity contribution in [3.63, 3.8) is 0 Å². The quantitative estimate of drug-likeness (QED) is 0.801. The number of hydrogen-bond acceptors (Lipinski definition) is 4. The average Bonchev–Trinajstić information content (AvgIpc) is 3.01. The largest absolute Gasteiger partial charge is 0.472 e. The molecule has 0 N–H and O–H groups in total. The Morgan fingerprint density at radius 2 is 2.00 bits per heavy atom. The molecule has 100 valence electrons. The molecule has 3 rings (SSSR count). The fourth-order valence-electron chi connectivity index (χ4n) is 2.02. The molecule has 0 saturated carbocycles. The van der Waals surface area contributed by atoms with E-state index >= 15 is 0 Å². The van der Waals surface area contributed by atoms with Crippen molar-refractivity contribution >= 4 is 18.0 Å². The number of rotatable bonds is 3. The van der Waals surface area contributed by atoms with E-state index in [0.717, 1.165) is 23.1 Å². The molecule has 2 aromatic rings. The molecule has 0 unspecified atom stereocenters. The number of hydroxylamine groups is 1. The van der Waals surface area contributed by atoms with Crippen LogP contribution in [0.1, 0.15) is 5.56 Å². The molecule has 0 radical (unpaired) electrons. The van der Waals surface area contributed by atoms with Gasteiger partial charge in [-0.05, 0) is 29.8 Å². The topological polar surface area (TPSA) is 42.7 Å². The van der Waals surface area contributed by atoms with Crippen LogP contribution in [-0.2, 0) is 9.63 Å². The average molecular weight is 267 g/mol. The maximum absolute atomic E-state index is 11.1. The lowest BCUT2D eigenvalue weighted by Crippen LogP contribution is -2.28. The second-order valence-corrected chi connectivity index (χ2v) is 4.39. The Morgan fingerprint density at radius 1 is 1.15 bits per heavy atom. The molecule has 2 heterocycles. The third-order valence-electron chi connectivity index (χ3n) is 3.05. The normalized spacial score (nSPS) is 16.7. The minimum Gasteiger partial charge on any atom is -0.472 e. The van der Waals surface area contributed by atoms with Gasteiger partial charge in [-0.2, -0.15) is 0 Å². The standard InChI is InChI=1S/C16H13NO3/c18-10-15-12-20-17(16-4-2-1-3-5-16)9-14(15)8-13-6-7-19-11-13/h1-8,10-12H,9H2. The predicted octanol–water partition coefficient (Wildman–Crippen LogP) is 3.20. The molecular weight excluding hydrogens is 254 g/mol. The highest BCUT2D eigenvalue weighted by molar-refractivity contribution is 5.84. The van der Waals surface area contributed by atoms with E-state index in [9.17, 15) is 4.79 Å². The van der Waals surface area contributed by atoms with Gasteiger partial charge in [-0.3, -0.25) is 4.79 Å². The van der Waals surface area contributed by atoms with Crippen LogP contribution < -0.4 is 5.06 Å². The van der Waals surface area contributed by atoms with Gasteiger partial charge in [-0.1, -0.05) is 18.2 Å². The molecule has 1 aliphatic rings. The minimum absolute atomic E-state index is 0.500. The van der Waals surface area contributed by atoms with Crippen LogP contribution in [-0.4, -0.2) is 12.8 Å². The van der Waals surface area contributed by atoms with Crippen molar-refractivity contribution in [3.05, 3.63) is 71.9 Å². The molecule has 4 heteroatoms. The SMILES string of the molecule is O=CC1=CON(c2ccccc2)CC1=Cc1ccoc1. The number of hydrogen-bond donors (Lipinski definition) is 0. The summed E-state index contributed by atoms with van der Waals surface area (Å²) in [6, 6.07) is 11.6. The van der Waals surface area contributed by atoms with Crippen molar-refractivity contribution in [2.45, 2.75) is 0 Å². The summed E-state index contributed by atoms with van der Waals surface area (Å²) in [6.07, 6.45) is 7.43. The van der Waals surface area contributed by atoms with Crippen LogP contribution in [0.5, 0.6) is 0 Å². The summed E-state index contributed by atoms with van der Waals surface area (Å²) < 4.78 is 5.04. The third-order valence-corrected chi connectivity index (χ3v) is 3.05. The zero-order valence-electron chi connectivity index (χ0n) is 10.7. The van der Waals surface area contributed by atoms with Gasteiger partial charge in [0, 0.05) is 5.56 Å². The second kappa shape index (κ2) is 5.48. The van der Waals surface area contributed by atoms with Gasteiger partial charge in [0.05, 0.1) is 30.3 Å². The summed E-state index contributed by atoms with van der Waals surface area (Å²) in [7, 11) is 0. The Bertz CT molecular complexity index is 642. The van der Waals surface area contributed by atoms with Gasteiger partial charge in [0.2, 0.25) is 0 Å². The number of nitrogens with zero attached hydrogens (tertiary/aromatic N) is 1. The van der Waals surface area contributed by atoms with E-state index in [-0.39, 0.29) is 0 Å². The number of para-hydroxylation sites is 1. The Balaban J connectivity index is 1.91. The lowest BCUT2D eigenvalue weighted by atomic mass is 10.1. The maximum atomic E-state index is 11.1. The zero-order valence-corrected chi connectivity index (χ0v) is 10.7. The van der Waals surface area contributed by atoms with Gasteiger partial charge < -0.3 is 9.25 Å². The van der Waals surface area contributed by atoms with E-state index in [4.69, 9.17) is 9.25 Å². The Hall–Kier alpha value is -2.75.